The number of nitrogens with one attached hydrogen (secondary N) is 1. The Hall–Kier alpha value is -2.24. The van der Waals surface area contributed by atoms with E-state index >= 15 is 0 Å². The minimum absolute atomic E-state index is 0.167. The van der Waals surface area contributed by atoms with Gasteiger partial charge in [-0.25, -0.2) is 4.79 Å². The highest BCUT2D eigenvalue weighted by Crippen LogP contribution is 2.26. The number of amides is 1. The lowest BCUT2D eigenvalue weighted by Gasteiger charge is -2.09. The normalized spacial score (nSPS) is 10.1. The number of benzene rings is 2. The van der Waals surface area contributed by atoms with Gasteiger partial charge >= 0.3 is 5.97 Å². The Morgan fingerprint density at radius 2 is 1.86 bits per heavy atom. The average Bonchev–Trinajstić information content (AvgIpc) is 2.48. The Kier molecular flexibility index (Phi) is 5.25. The maximum atomic E-state index is 12.2. The van der Waals surface area contributed by atoms with E-state index in [1.165, 1.54) is 6.07 Å². The van der Waals surface area contributed by atoms with E-state index in [-0.39, 0.29) is 15.6 Å². The molecule has 0 aliphatic heterocycles. The molecule has 0 atom stereocenters. The summed E-state index contributed by atoms with van der Waals surface area (Å²) in [4.78, 5) is 22.6. The second-order valence-electron chi connectivity index (χ2n) is 4.27. The van der Waals surface area contributed by atoms with Gasteiger partial charge in [0, 0.05) is 11.8 Å². The van der Waals surface area contributed by atoms with E-state index in [2.05, 4.69) is 5.32 Å². The van der Waals surface area contributed by atoms with Gasteiger partial charge in [-0.05, 0) is 24.3 Å². The molecule has 0 heterocycles. The highest BCUT2D eigenvalue weighted by atomic mass is 35.5. The van der Waals surface area contributed by atoms with Gasteiger partial charge in [-0.2, -0.15) is 0 Å². The smallest absolute Gasteiger partial charge is 0.341 e. The van der Waals surface area contributed by atoms with Crippen LogP contribution in [0.4, 0.5) is 5.69 Å². The third-order valence-electron chi connectivity index (χ3n) is 2.65. The minimum atomic E-state index is -1.08. The van der Waals surface area contributed by atoms with Crippen molar-refractivity contribution in [3.63, 3.8) is 0 Å². The first-order chi connectivity index (χ1) is 10.5. The molecule has 0 unspecified atom stereocenters. The minimum Gasteiger partial charge on any atom is -0.482 e. The summed E-state index contributed by atoms with van der Waals surface area (Å²) < 4.78 is 5.04. The van der Waals surface area contributed by atoms with Gasteiger partial charge in [0.25, 0.3) is 5.91 Å². The van der Waals surface area contributed by atoms with Gasteiger partial charge in [0.15, 0.2) is 6.61 Å². The van der Waals surface area contributed by atoms with Crippen molar-refractivity contribution in [2.75, 3.05) is 11.9 Å². The van der Waals surface area contributed by atoms with Crippen molar-refractivity contribution in [2.45, 2.75) is 0 Å². The van der Waals surface area contributed by atoms with Crippen LogP contribution in [0.3, 0.4) is 0 Å². The summed E-state index contributed by atoms with van der Waals surface area (Å²) in [6.07, 6.45) is 0. The predicted molar refractivity (Wildman–Crippen MR) is 84.0 cm³/mol. The van der Waals surface area contributed by atoms with Crippen LogP contribution in [0.5, 0.6) is 5.75 Å². The first kappa shape index (κ1) is 16.1. The van der Waals surface area contributed by atoms with Crippen LogP contribution in [0.2, 0.25) is 10.0 Å². The van der Waals surface area contributed by atoms with Crippen molar-refractivity contribution in [3.05, 3.63) is 58.1 Å². The summed E-state index contributed by atoms with van der Waals surface area (Å²) in [5.74, 6) is -1.18. The zero-order valence-corrected chi connectivity index (χ0v) is 12.7. The lowest BCUT2D eigenvalue weighted by Crippen LogP contribution is -2.13. The number of carbonyl (C=O) groups is 2. The van der Waals surface area contributed by atoms with Gasteiger partial charge < -0.3 is 15.2 Å². The summed E-state index contributed by atoms with van der Waals surface area (Å²) >= 11 is 11.9. The van der Waals surface area contributed by atoms with Crippen LogP contribution in [0, 0.1) is 0 Å². The topological polar surface area (TPSA) is 75.6 Å². The molecule has 0 fully saturated rings. The molecule has 114 valence electrons. The standard InChI is InChI=1S/C15H11Cl2NO4/c16-12-6-2-5-11(14(12)17)15(21)18-9-3-1-4-10(7-9)22-8-13(19)20/h1-7H,8H2,(H,18,21)(H,19,20). The van der Waals surface area contributed by atoms with Crippen LogP contribution in [-0.2, 0) is 4.79 Å². The lowest BCUT2D eigenvalue weighted by molar-refractivity contribution is -0.139. The maximum Gasteiger partial charge on any atom is 0.341 e. The molecule has 0 spiro atoms. The van der Waals surface area contributed by atoms with Gasteiger partial charge in [0.05, 0.1) is 15.6 Å². The summed E-state index contributed by atoms with van der Waals surface area (Å²) in [5.41, 5.74) is 0.690. The second kappa shape index (κ2) is 7.15. The fourth-order valence-electron chi connectivity index (χ4n) is 1.69. The number of ether oxygens (including phenoxy) is 1. The maximum absolute atomic E-state index is 12.2. The number of rotatable bonds is 5. The van der Waals surface area contributed by atoms with Crippen molar-refractivity contribution in [1.82, 2.24) is 0 Å². The van der Waals surface area contributed by atoms with Crippen molar-refractivity contribution in [3.8, 4) is 5.75 Å². The monoisotopic (exact) mass is 339 g/mol. The molecule has 2 N–H and O–H groups in total. The van der Waals surface area contributed by atoms with E-state index in [0.29, 0.717) is 11.4 Å². The molecule has 0 saturated heterocycles. The molecule has 7 heteroatoms. The largest absolute Gasteiger partial charge is 0.482 e. The lowest BCUT2D eigenvalue weighted by atomic mass is 10.2. The molecule has 1 amide bonds. The molecule has 22 heavy (non-hydrogen) atoms. The SMILES string of the molecule is O=C(O)COc1cccc(NC(=O)c2cccc(Cl)c2Cl)c1. The van der Waals surface area contributed by atoms with Crippen LogP contribution in [0.1, 0.15) is 10.4 Å². The first-order valence-corrected chi connectivity index (χ1v) is 6.93. The molecule has 5 nitrogen and oxygen atoms in total. The summed E-state index contributed by atoms with van der Waals surface area (Å²) in [5, 5.41) is 11.7. The van der Waals surface area contributed by atoms with Gasteiger partial charge in [0.1, 0.15) is 5.75 Å². The Balaban J connectivity index is 2.13. The molecule has 0 aromatic heterocycles. The van der Waals surface area contributed by atoms with Crippen molar-refractivity contribution in [2.24, 2.45) is 0 Å². The zero-order valence-electron chi connectivity index (χ0n) is 11.2. The zero-order chi connectivity index (χ0) is 16.1. The van der Waals surface area contributed by atoms with Gasteiger partial charge in [-0.15, -0.1) is 0 Å². The van der Waals surface area contributed by atoms with Crippen molar-refractivity contribution < 1.29 is 19.4 Å². The fraction of sp³-hybridized carbons (Fsp3) is 0.0667. The van der Waals surface area contributed by atoms with Crippen molar-refractivity contribution >= 4 is 40.8 Å². The molecule has 0 bridgehead atoms. The Labute approximate surface area is 136 Å². The highest BCUT2D eigenvalue weighted by Gasteiger charge is 2.13. The van der Waals surface area contributed by atoms with E-state index in [0.717, 1.165) is 0 Å². The molecule has 0 aliphatic rings. The number of anilines is 1. The van der Waals surface area contributed by atoms with E-state index in [9.17, 15) is 9.59 Å². The predicted octanol–water partition coefficient (Wildman–Crippen LogP) is 3.71. The Bertz CT molecular complexity index is 718. The molecule has 2 rings (SSSR count). The van der Waals surface area contributed by atoms with Crippen LogP contribution in [-0.4, -0.2) is 23.6 Å². The number of aliphatic carboxylic acids is 1. The van der Waals surface area contributed by atoms with E-state index in [1.54, 1.807) is 36.4 Å². The van der Waals surface area contributed by atoms with Crippen LogP contribution < -0.4 is 10.1 Å². The van der Waals surface area contributed by atoms with Gasteiger partial charge in [0.2, 0.25) is 0 Å². The van der Waals surface area contributed by atoms with Gasteiger partial charge in [-0.3, -0.25) is 4.79 Å². The van der Waals surface area contributed by atoms with E-state index in [1.807, 2.05) is 0 Å². The number of hydrogen-bond acceptors (Lipinski definition) is 3. The van der Waals surface area contributed by atoms with E-state index in [4.69, 9.17) is 33.0 Å². The number of carbonyl (C=O) groups excluding carboxylic acids is 1. The molecular weight excluding hydrogens is 329 g/mol. The number of carboxylic acid groups (broad SMARTS) is 1. The molecule has 0 saturated carbocycles. The third kappa shape index (κ3) is 4.13. The molecule has 2 aromatic carbocycles. The second-order valence-corrected chi connectivity index (χ2v) is 5.05. The molecule has 0 radical (unpaired) electrons. The number of hydrogen-bond donors (Lipinski definition) is 2. The first-order valence-electron chi connectivity index (χ1n) is 6.17. The third-order valence-corrected chi connectivity index (χ3v) is 3.47. The molecular formula is C15H11Cl2NO4. The average molecular weight is 340 g/mol. The van der Waals surface area contributed by atoms with Crippen LogP contribution in [0.15, 0.2) is 42.5 Å². The Morgan fingerprint density at radius 1 is 1.14 bits per heavy atom. The summed E-state index contributed by atoms with van der Waals surface area (Å²) in [6.45, 7) is -0.461. The van der Waals surface area contributed by atoms with Gasteiger partial charge in [-0.1, -0.05) is 35.3 Å². The molecule has 2 aromatic rings. The summed E-state index contributed by atoms with van der Waals surface area (Å²) in [6, 6.07) is 11.1. The van der Waals surface area contributed by atoms with Crippen molar-refractivity contribution in [1.29, 1.82) is 0 Å². The quantitative estimate of drug-likeness (QED) is 0.870. The van der Waals surface area contributed by atoms with E-state index < -0.39 is 18.5 Å². The highest BCUT2D eigenvalue weighted by molar-refractivity contribution is 6.44. The number of halogens is 2. The summed E-state index contributed by atoms with van der Waals surface area (Å²) in [7, 11) is 0. The fourth-order valence-corrected chi connectivity index (χ4v) is 2.07. The van der Waals surface area contributed by atoms with Crippen LogP contribution in [0.25, 0.3) is 0 Å². The molecule has 0 aliphatic carbocycles. The number of carboxylic acids is 1. The Morgan fingerprint density at radius 3 is 2.59 bits per heavy atom. The van der Waals surface area contributed by atoms with Crippen LogP contribution >= 0.6 is 23.2 Å².